The first-order valence-electron chi connectivity index (χ1n) is 6.77. The van der Waals surface area contributed by atoms with Gasteiger partial charge in [-0.3, -0.25) is 4.79 Å². The fourth-order valence-electron chi connectivity index (χ4n) is 2.13. The van der Waals surface area contributed by atoms with Gasteiger partial charge in [-0.25, -0.2) is 9.97 Å². The molecule has 0 saturated carbocycles. The summed E-state index contributed by atoms with van der Waals surface area (Å²) in [6, 6.07) is 13.9. The molecular formula is C17H11Cl2N3O. The summed E-state index contributed by atoms with van der Waals surface area (Å²) < 4.78 is 0. The van der Waals surface area contributed by atoms with Gasteiger partial charge >= 0.3 is 0 Å². The van der Waals surface area contributed by atoms with E-state index in [1.165, 1.54) is 6.33 Å². The molecule has 4 nitrogen and oxygen atoms in total. The van der Waals surface area contributed by atoms with Crippen LogP contribution in [0.2, 0.25) is 10.0 Å². The summed E-state index contributed by atoms with van der Waals surface area (Å²) >= 11 is 11.9. The summed E-state index contributed by atoms with van der Waals surface area (Å²) in [4.78, 5) is 20.7. The van der Waals surface area contributed by atoms with Crippen molar-refractivity contribution in [2.75, 3.05) is 5.32 Å². The number of halogens is 2. The van der Waals surface area contributed by atoms with Crippen molar-refractivity contribution in [1.29, 1.82) is 0 Å². The number of hydrogen-bond donors (Lipinski definition) is 1. The fourth-order valence-corrected chi connectivity index (χ4v) is 2.42. The second-order valence-corrected chi connectivity index (χ2v) is 5.54. The van der Waals surface area contributed by atoms with Gasteiger partial charge < -0.3 is 5.32 Å². The zero-order valence-electron chi connectivity index (χ0n) is 11.8. The lowest BCUT2D eigenvalue weighted by molar-refractivity contribution is 0.102. The molecule has 0 aliphatic carbocycles. The third-order valence-corrected chi connectivity index (χ3v) is 3.95. The van der Waals surface area contributed by atoms with Gasteiger partial charge in [-0.05, 0) is 30.3 Å². The molecule has 6 heteroatoms. The van der Waals surface area contributed by atoms with Gasteiger partial charge in [0.15, 0.2) is 0 Å². The molecule has 0 aliphatic heterocycles. The van der Waals surface area contributed by atoms with Crippen molar-refractivity contribution in [2.45, 2.75) is 0 Å². The van der Waals surface area contributed by atoms with Crippen LogP contribution >= 0.6 is 23.2 Å². The quantitative estimate of drug-likeness (QED) is 0.749. The minimum atomic E-state index is -0.252. The third kappa shape index (κ3) is 3.50. The molecule has 0 atom stereocenters. The standard InChI is InChI=1S/C17H11Cl2N3O/c18-14-6-5-11(9-15(14)19)22-17(23)13-4-2-1-3-12(13)16-7-8-20-10-21-16/h1-10H,(H,22,23). The molecule has 0 aliphatic rings. The van der Waals surface area contributed by atoms with Gasteiger partial charge in [-0.15, -0.1) is 0 Å². The molecule has 3 aromatic rings. The maximum absolute atomic E-state index is 12.6. The maximum Gasteiger partial charge on any atom is 0.256 e. The molecule has 0 bridgehead atoms. The highest BCUT2D eigenvalue weighted by Crippen LogP contribution is 2.26. The van der Waals surface area contributed by atoms with Gasteiger partial charge in [-0.2, -0.15) is 0 Å². The van der Waals surface area contributed by atoms with Crippen LogP contribution < -0.4 is 5.32 Å². The normalized spacial score (nSPS) is 10.3. The van der Waals surface area contributed by atoms with E-state index in [9.17, 15) is 4.79 Å². The Bertz CT molecular complexity index is 853. The minimum absolute atomic E-state index is 0.252. The number of carbonyl (C=O) groups excluding carboxylic acids is 1. The Hall–Kier alpha value is -2.43. The van der Waals surface area contributed by atoms with Crippen LogP contribution in [-0.4, -0.2) is 15.9 Å². The fraction of sp³-hybridized carbons (Fsp3) is 0. The van der Waals surface area contributed by atoms with Crippen molar-refractivity contribution >= 4 is 34.8 Å². The van der Waals surface area contributed by atoms with Crippen LogP contribution in [0, 0.1) is 0 Å². The van der Waals surface area contributed by atoms with Crippen LogP contribution in [0.5, 0.6) is 0 Å². The van der Waals surface area contributed by atoms with E-state index >= 15 is 0 Å². The Labute approximate surface area is 143 Å². The van der Waals surface area contributed by atoms with Crippen LogP contribution in [0.4, 0.5) is 5.69 Å². The average Bonchev–Trinajstić information content (AvgIpc) is 2.59. The molecule has 1 heterocycles. The van der Waals surface area contributed by atoms with Crippen LogP contribution in [0.15, 0.2) is 61.1 Å². The van der Waals surface area contributed by atoms with Gasteiger partial charge in [0.2, 0.25) is 0 Å². The Balaban J connectivity index is 1.92. The van der Waals surface area contributed by atoms with E-state index in [0.29, 0.717) is 27.0 Å². The maximum atomic E-state index is 12.6. The number of benzene rings is 2. The second kappa shape index (κ2) is 6.77. The third-order valence-electron chi connectivity index (χ3n) is 3.21. The van der Waals surface area contributed by atoms with E-state index in [1.54, 1.807) is 42.6 Å². The predicted molar refractivity (Wildman–Crippen MR) is 91.9 cm³/mol. The van der Waals surface area contributed by atoms with Crippen molar-refractivity contribution in [1.82, 2.24) is 9.97 Å². The van der Waals surface area contributed by atoms with Crippen LogP contribution in [0.3, 0.4) is 0 Å². The van der Waals surface area contributed by atoms with E-state index in [2.05, 4.69) is 15.3 Å². The smallest absolute Gasteiger partial charge is 0.256 e. The lowest BCUT2D eigenvalue weighted by Gasteiger charge is -2.10. The zero-order chi connectivity index (χ0) is 16.2. The van der Waals surface area contributed by atoms with Crippen molar-refractivity contribution in [2.24, 2.45) is 0 Å². The molecule has 23 heavy (non-hydrogen) atoms. The summed E-state index contributed by atoms with van der Waals surface area (Å²) in [7, 11) is 0. The van der Waals surface area contributed by atoms with E-state index < -0.39 is 0 Å². The van der Waals surface area contributed by atoms with Crippen molar-refractivity contribution in [3.8, 4) is 11.3 Å². The second-order valence-electron chi connectivity index (χ2n) is 4.72. The van der Waals surface area contributed by atoms with E-state index in [-0.39, 0.29) is 5.91 Å². The van der Waals surface area contributed by atoms with Gasteiger partial charge in [0.25, 0.3) is 5.91 Å². The highest BCUT2D eigenvalue weighted by atomic mass is 35.5. The predicted octanol–water partition coefficient (Wildman–Crippen LogP) is 4.70. The van der Waals surface area contributed by atoms with E-state index in [1.807, 2.05) is 12.1 Å². The van der Waals surface area contributed by atoms with Crippen molar-refractivity contribution in [3.05, 3.63) is 76.7 Å². The van der Waals surface area contributed by atoms with Crippen LogP contribution in [0.25, 0.3) is 11.3 Å². The molecule has 1 aromatic heterocycles. The first-order valence-corrected chi connectivity index (χ1v) is 7.52. The Morgan fingerprint density at radius 1 is 1.00 bits per heavy atom. The summed E-state index contributed by atoms with van der Waals surface area (Å²) in [6.07, 6.45) is 3.08. The highest BCUT2D eigenvalue weighted by Gasteiger charge is 2.13. The summed E-state index contributed by atoms with van der Waals surface area (Å²) in [5.41, 5.74) is 2.49. The highest BCUT2D eigenvalue weighted by molar-refractivity contribution is 6.42. The van der Waals surface area contributed by atoms with Crippen LogP contribution in [-0.2, 0) is 0 Å². The van der Waals surface area contributed by atoms with E-state index in [0.717, 1.165) is 5.56 Å². The number of hydrogen-bond acceptors (Lipinski definition) is 3. The molecule has 0 saturated heterocycles. The molecule has 2 aromatic carbocycles. The molecule has 0 fully saturated rings. The molecule has 0 unspecified atom stereocenters. The number of carbonyl (C=O) groups is 1. The largest absolute Gasteiger partial charge is 0.322 e. The summed E-state index contributed by atoms with van der Waals surface area (Å²) in [6.45, 7) is 0. The number of aromatic nitrogens is 2. The monoisotopic (exact) mass is 343 g/mol. The Morgan fingerprint density at radius 2 is 1.83 bits per heavy atom. The number of nitrogens with one attached hydrogen (secondary N) is 1. The van der Waals surface area contributed by atoms with Gasteiger partial charge in [0.1, 0.15) is 6.33 Å². The topological polar surface area (TPSA) is 54.9 Å². The van der Waals surface area contributed by atoms with Gasteiger partial charge in [0.05, 0.1) is 15.7 Å². The number of nitrogens with zero attached hydrogens (tertiary/aromatic N) is 2. The first-order chi connectivity index (χ1) is 11.1. The number of anilines is 1. The SMILES string of the molecule is O=C(Nc1ccc(Cl)c(Cl)c1)c1ccccc1-c1ccncn1. The molecular weight excluding hydrogens is 333 g/mol. The van der Waals surface area contributed by atoms with Crippen molar-refractivity contribution in [3.63, 3.8) is 0 Å². The van der Waals surface area contributed by atoms with Crippen LogP contribution in [0.1, 0.15) is 10.4 Å². The molecule has 1 amide bonds. The Morgan fingerprint density at radius 3 is 2.57 bits per heavy atom. The van der Waals surface area contributed by atoms with Gasteiger partial charge in [0, 0.05) is 23.0 Å². The molecule has 0 radical (unpaired) electrons. The summed E-state index contributed by atoms with van der Waals surface area (Å²) in [5.74, 6) is -0.252. The van der Waals surface area contributed by atoms with E-state index in [4.69, 9.17) is 23.2 Å². The molecule has 3 rings (SSSR count). The molecule has 114 valence electrons. The summed E-state index contributed by atoms with van der Waals surface area (Å²) in [5, 5.41) is 3.63. The van der Waals surface area contributed by atoms with Crippen molar-refractivity contribution < 1.29 is 4.79 Å². The lowest BCUT2D eigenvalue weighted by Crippen LogP contribution is -2.13. The zero-order valence-corrected chi connectivity index (χ0v) is 13.3. The molecule has 0 spiro atoms. The Kier molecular flexibility index (Phi) is 4.55. The first kappa shape index (κ1) is 15.5. The van der Waals surface area contributed by atoms with Gasteiger partial charge in [-0.1, -0.05) is 41.4 Å². The number of rotatable bonds is 3. The minimum Gasteiger partial charge on any atom is -0.322 e. The number of amides is 1. The molecule has 1 N–H and O–H groups in total. The lowest BCUT2D eigenvalue weighted by atomic mass is 10.0. The average molecular weight is 344 g/mol.